The van der Waals surface area contributed by atoms with E-state index < -0.39 is 0 Å². The summed E-state index contributed by atoms with van der Waals surface area (Å²) < 4.78 is 0. The monoisotopic (exact) mass is 335 g/mol. The van der Waals surface area contributed by atoms with E-state index in [0.717, 1.165) is 16.5 Å². The summed E-state index contributed by atoms with van der Waals surface area (Å²) in [5, 5.41) is 1.91. The first-order valence-corrected chi connectivity index (χ1v) is 8.04. The second-order valence-electron chi connectivity index (χ2n) is 6.04. The minimum absolute atomic E-state index is 0.316. The third-order valence-electron chi connectivity index (χ3n) is 4.60. The van der Waals surface area contributed by atoms with Gasteiger partial charge >= 0.3 is 0 Å². The molecule has 0 unspecified atom stereocenters. The largest absolute Gasteiger partial charge is 0.268 e. The van der Waals surface area contributed by atoms with Crippen LogP contribution in [0.25, 0.3) is 10.8 Å². The molecule has 118 valence electrons. The molecule has 1 aliphatic heterocycles. The van der Waals surface area contributed by atoms with Gasteiger partial charge in [-0.2, -0.15) is 0 Å². The van der Waals surface area contributed by atoms with Gasteiger partial charge in [-0.15, -0.1) is 0 Å². The van der Waals surface area contributed by atoms with Gasteiger partial charge in [0.15, 0.2) is 0 Å². The summed E-state index contributed by atoms with van der Waals surface area (Å²) in [4.78, 5) is 27.2. The Morgan fingerprint density at radius 3 is 2.25 bits per heavy atom. The van der Waals surface area contributed by atoms with Crippen molar-refractivity contribution in [1.82, 2.24) is 0 Å². The highest BCUT2D eigenvalue weighted by atomic mass is 35.5. The van der Waals surface area contributed by atoms with Gasteiger partial charge in [0.2, 0.25) is 0 Å². The summed E-state index contributed by atoms with van der Waals surface area (Å²) in [5.74, 6) is -0.632. The third-order valence-corrected chi connectivity index (χ3v) is 4.93. The summed E-state index contributed by atoms with van der Waals surface area (Å²) in [6, 6.07) is 14.3. The summed E-state index contributed by atoms with van der Waals surface area (Å²) in [7, 11) is 0. The zero-order valence-electron chi connectivity index (χ0n) is 13.3. The van der Waals surface area contributed by atoms with Crippen LogP contribution in [0.2, 0.25) is 5.02 Å². The number of carbonyl (C=O) groups is 2. The molecule has 0 radical (unpaired) electrons. The van der Waals surface area contributed by atoms with Crippen LogP contribution >= 0.6 is 11.6 Å². The number of hydrogen-bond donors (Lipinski definition) is 0. The lowest BCUT2D eigenvalue weighted by atomic mass is 9.93. The number of halogens is 1. The number of aryl methyl sites for hydroxylation is 2. The summed E-state index contributed by atoms with van der Waals surface area (Å²) >= 11 is 6.23. The topological polar surface area (TPSA) is 37.4 Å². The van der Waals surface area contributed by atoms with Gasteiger partial charge in [-0.05, 0) is 55.3 Å². The molecule has 4 rings (SSSR count). The number of nitrogens with zero attached hydrogens (tertiary/aromatic N) is 1. The van der Waals surface area contributed by atoms with Gasteiger partial charge in [0.1, 0.15) is 0 Å². The fourth-order valence-electron chi connectivity index (χ4n) is 3.16. The van der Waals surface area contributed by atoms with Crippen LogP contribution in [-0.2, 0) is 0 Å². The molecule has 0 bridgehead atoms. The molecular formula is C20H14ClNO2. The molecule has 0 saturated carbocycles. The Morgan fingerprint density at radius 2 is 1.54 bits per heavy atom. The first kappa shape index (κ1) is 14.9. The fraction of sp³-hybridized carbons (Fsp3) is 0.100. The summed E-state index contributed by atoms with van der Waals surface area (Å²) in [6.07, 6.45) is 0. The van der Waals surface area contributed by atoms with E-state index in [1.807, 2.05) is 32.0 Å². The smallest absolute Gasteiger partial charge is 0.265 e. The lowest BCUT2D eigenvalue weighted by molar-refractivity contribution is 0.0893. The normalized spacial score (nSPS) is 13.7. The second kappa shape index (κ2) is 5.18. The van der Waals surface area contributed by atoms with Crippen LogP contribution in [0.5, 0.6) is 0 Å². The molecule has 0 N–H and O–H groups in total. The van der Waals surface area contributed by atoms with Crippen LogP contribution in [0.3, 0.4) is 0 Å². The van der Waals surface area contributed by atoms with Crippen LogP contribution in [0.1, 0.15) is 31.8 Å². The molecule has 3 aromatic rings. The average molecular weight is 336 g/mol. The number of hydrogen-bond acceptors (Lipinski definition) is 2. The van der Waals surface area contributed by atoms with Crippen molar-refractivity contribution in [2.24, 2.45) is 0 Å². The van der Waals surface area contributed by atoms with Gasteiger partial charge in [-0.3, -0.25) is 9.59 Å². The molecule has 2 amide bonds. The molecule has 3 nitrogen and oxygen atoms in total. The zero-order chi connectivity index (χ0) is 17.0. The highest BCUT2D eigenvalue weighted by Crippen LogP contribution is 2.36. The first-order chi connectivity index (χ1) is 11.5. The van der Waals surface area contributed by atoms with Gasteiger partial charge in [-0.1, -0.05) is 29.8 Å². The van der Waals surface area contributed by atoms with E-state index in [-0.39, 0.29) is 11.8 Å². The molecule has 0 fully saturated rings. The van der Waals surface area contributed by atoms with E-state index in [0.29, 0.717) is 27.2 Å². The van der Waals surface area contributed by atoms with Crippen molar-refractivity contribution >= 4 is 39.9 Å². The Bertz CT molecular complexity index is 1020. The Balaban J connectivity index is 1.98. The minimum atomic E-state index is -0.316. The third kappa shape index (κ3) is 1.98. The maximum Gasteiger partial charge on any atom is 0.265 e. The number of carbonyl (C=O) groups excluding carboxylic acids is 2. The van der Waals surface area contributed by atoms with Crippen molar-refractivity contribution in [3.8, 4) is 0 Å². The number of imide groups is 1. The number of rotatable bonds is 1. The second-order valence-corrected chi connectivity index (χ2v) is 6.44. The van der Waals surface area contributed by atoms with Crippen molar-refractivity contribution < 1.29 is 9.59 Å². The lowest BCUT2D eigenvalue weighted by Crippen LogP contribution is -2.40. The highest BCUT2D eigenvalue weighted by Gasteiger charge is 2.34. The van der Waals surface area contributed by atoms with Crippen molar-refractivity contribution in [3.05, 3.63) is 75.8 Å². The maximum atomic E-state index is 13.0. The minimum Gasteiger partial charge on any atom is -0.268 e. The Kier molecular flexibility index (Phi) is 3.22. The number of anilines is 1. The quantitative estimate of drug-likeness (QED) is 0.592. The molecule has 0 atom stereocenters. The van der Waals surface area contributed by atoms with Gasteiger partial charge in [-0.25, -0.2) is 4.90 Å². The molecule has 0 spiro atoms. The molecule has 4 heteroatoms. The molecular weight excluding hydrogens is 322 g/mol. The molecule has 3 aromatic carbocycles. The van der Waals surface area contributed by atoms with Crippen LogP contribution in [0, 0.1) is 13.8 Å². The van der Waals surface area contributed by atoms with Crippen molar-refractivity contribution in [3.63, 3.8) is 0 Å². The number of amides is 2. The molecule has 0 aliphatic carbocycles. The Labute approximate surface area is 144 Å². The molecule has 0 aromatic heterocycles. The zero-order valence-corrected chi connectivity index (χ0v) is 14.0. The Hall–Kier alpha value is -2.65. The average Bonchev–Trinajstić information content (AvgIpc) is 2.57. The number of benzene rings is 3. The van der Waals surface area contributed by atoms with Crippen molar-refractivity contribution in [2.75, 3.05) is 4.90 Å². The van der Waals surface area contributed by atoms with E-state index in [2.05, 4.69) is 0 Å². The predicted molar refractivity (Wildman–Crippen MR) is 96.0 cm³/mol. The van der Waals surface area contributed by atoms with E-state index in [4.69, 9.17) is 11.6 Å². The predicted octanol–water partition coefficient (Wildman–Crippen LogP) is 4.91. The van der Waals surface area contributed by atoms with E-state index in [1.54, 1.807) is 30.3 Å². The van der Waals surface area contributed by atoms with Crippen LogP contribution in [0.4, 0.5) is 5.69 Å². The maximum absolute atomic E-state index is 13.0. The van der Waals surface area contributed by atoms with Crippen LogP contribution in [-0.4, -0.2) is 11.8 Å². The lowest BCUT2D eigenvalue weighted by Gasteiger charge is -2.27. The fourth-order valence-corrected chi connectivity index (χ4v) is 3.38. The molecule has 24 heavy (non-hydrogen) atoms. The van der Waals surface area contributed by atoms with Gasteiger partial charge in [0, 0.05) is 26.9 Å². The Morgan fingerprint density at radius 1 is 0.833 bits per heavy atom. The van der Waals surface area contributed by atoms with E-state index in [1.165, 1.54) is 4.90 Å². The highest BCUT2D eigenvalue weighted by molar-refractivity contribution is 6.40. The van der Waals surface area contributed by atoms with Gasteiger partial charge < -0.3 is 0 Å². The van der Waals surface area contributed by atoms with E-state index >= 15 is 0 Å². The van der Waals surface area contributed by atoms with Crippen molar-refractivity contribution in [1.29, 1.82) is 0 Å². The first-order valence-electron chi connectivity index (χ1n) is 7.66. The molecule has 0 saturated heterocycles. The standard InChI is InChI=1S/C20H14ClNO2/c1-11-6-7-13(10-12(11)2)22-19(23)15-5-3-4-14-17(21)9-8-16(18(14)15)20(22)24/h3-10H,1-2H3. The van der Waals surface area contributed by atoms with Gasteiger partial charge in [0.05, 0.1) is 5.69 Å². The molecule has 1 aliphatic rings. The van der Waals surface area contributed by atoms with E-state index in [9.17, 15) is 9.59 Å². The van der Waals surface area contributed by atoms with Crippen molar-refractivity contribution in [2.45, 2.75) is 13.8 Å². The summed E-state index contributed by atoms with van der Waals surface area (Å²) in [6.45, 7) is 3.96. The van der Waals surface area contributed by atoms with Crippen LogP contribution < -0.4 is 4.90 Å². The van der Waals surface area contributed by atoms with Crippen LogP contribution in [0.15, 0.2) is 48.5 Å². The SMILES string of the molecule is Cc1ccc(N2C(=O)c3cccc4c(Cl)ccc(c34)C2=O)cc1C. The molecule has 1 heterocycles. The van der Waals surface area contributed by atoms with Gasteiger partial charge in [0.25, 0.3) is 11.8 Å². The summed E-state index contributed by atoms with van der Waals surface area (Å²) in [5.41, 5.74) is 3.74.